The summed E-state index contributed by atoms with van der Waals surface area (Å²) >= 11 is 0. The molecule has 0 aromatic heterocycles. The molecule has 1 atom stereocenters. The summed E-state index contributed by atoms with van der Waals surface area (Å²) in [5.74, 6) is 5.94. The Morgan fingerprint density at radius 2 is 2.20 bits per heavy atom. The minimum absolute atomic E-state index is 0.304. The zero-order valence-corrected chi connectivity index (χ0v) is 8.99. The Morgan fingerprint density at radius 3 is 2.80 bits per heavy atom. The van der Waals surface area contributed by atoms with Crippen LogP contribution in [0.1, 0.15) is 17.5 Å². The maximum absolute atomic E-state index is 10.3. The third kappa shape index (κ3) is 3.57. The van der Waals surface area contributed by atoms with Crippen LogP contribution in [0.3, 0.4) is 0 Å². The van der Waals surface area contributed by atoms with Gasteiger partial charge in [-0.15, -0.1) is 0 Å². The van der Waals surface area contributed by atoms with Crippen LogP contribution in [0.2, 0.25) is 0 Å². The predicted octanol–water partition coefficient (Wildman–Crippen LogP) is 1.95. The first-order valence-corrected chi connectivity index (χ1v) is 4.81. The van der Waals surface area contributed by atoms with Gasteiger partial charge in [0.1, 0.15) is 12.4 Å². The number of methoxy groups -OCH3 is 1. The molecule has 2 heteroatoms. The van der Waals surface area contributed by atoms with Crippen LogP contribution in [0.25, 0.3) is 0 Å². The quantitative estimate of drug-likeness (QED) is 0.553. The van der Waals surface area contributed by atoms with Crippen LogP contribution in [0, 0.1) is 18.8 Å². The van der Waals surface area contributed by atoms with Crippen LogP contribution in [0.5, 0.6) is 0 Å². The van der Waals surface area contributed by atoms with Crippen molar-refractivity contribution in [2.24, 2.45) is 0 Å². The summed E-state index contributed by atoms with van der Waals surface area (Å²) in [5, 5.41) is 0. The van der Waals surface area contributed by atoms with Crippen LogP contribution < -0.4 is 0 Å². The number of hydrogen-bond acceptors (Lipinski definition) is 2. The average molecular weight is 202 g/mol. The Balaban J connectivity index is 2.80. The van der Waals surface area contributed by atoms with Crippen LogP contribution in [-0.2, 0) is 9.53 Å². The Bertz CT molecular complexity index is 385. The number of rotatable bonds is 3. The Kier molecular flexibility index (Phi) is 4.59. The molecule has 2 nitrogen and oxygen atoms in total. The summed E-state index contributed by atoms with van der Waals surface area (Å²) in [7, 11) is 1.56. The van der Waals surface area contributed by atoms with E-state index in [1.807, 2.05) is 31.2 Å². The first-order chi connectivity index (χ1) is 7.27. The van der Waals surface area contributed by atoms with E-state index >= 15 is 0 Å². The lowest BCUT2D eigenvalue weighted by molar-refractivity contribution is -0.109. The maximum Gasteiger partial charge on any atom is 0.124 e. The van der Waals surface area contributed by atoms with Crippen molar-refractivity contribution >= 4 is 6.29 Å². The number of ether oxygens (including phenoxy) is 1. The summed E-state index contributed by atoms with van der Waals surface area (Å²) in [4.78, 5) is 10.3. The van der Waals surface area contributed by atoms with Crippen molar-refractivity contribution in [3.05, 3.63) is 35.4 Å². The van der Waals surface area contributed by atoms with Crippen molar-refractivity contribution in [3.8, 4) is 11.8 Å². The molecule has 0 aliphatic rings. The highest BCUT2D eigenvalue weighted by molar-refractivity contribution is 5.52. The standard InChI is InChI=1S/C13H14O2/c1-11-5-3-4-6-12(11)7-8-13(15-2)9-10-14/h3-6,10,13H,9H2,1-2H3/t13-/m0/s1. The number of carbonyl (C=O) groups is 1. The number of hydrogen-bond donors (Lipinski definition) is 0. The number of aldehydes is 1. The Morgan fingerprint density at radius 1 is 1.47 bits per heavy atom. The van der Waals surface area contributed by atoms with Gasteiger partial charge in [0.05, 0.1) is 0 Å². The summed E-state index contributed by atoms with van der Waals surface area (Å²) in [6.45, 7) is 2.01. The van der Waals surface area contributed by atoms with E-state index in [0.717, 1.165) is 17.4 Å². The molecule has 0 saturated heterocycles. The molecule has 0 spiro atoms. The van der Waals surface area contributed by atoms with Gasteiger partial charge in [-0.2, -0.15) is 0 Å². The van der Waals surface area contributed by atoms with Gasteiger partial charge >= 0.3 is 0 Å². The first kappa shape index (κ1) is 11.5. The summed E-state index contributed by atoms with van der Waals surface area (Å²) in [5.41, 5.74) is 2.11. The van der Waals surface area contributed by atoms with Crippen LogP contribution in [0.15, 0.2) is 24.3 Å². The fourth-order valence-electron chi connectivity index (χ4n) is 1.17. The molecule has 0 saturated carbocycles. The number of carbonyl (C=O) groups excluding carboxylic acids is 1. The van der Waals surface area contributed by atoms with E-state index in [1.165, 1.54) is 0 Å². The first-order valence-electron chi connectivity index (χ1n) is 4.81. The zero-order valence-electron chi connectivity index (χ0n) is 8.99. The fourth-order valence-corrected chi connectivity index (χ4v) is 1.17. The molecule has 78 valence electrons. The number of benzene rings is 1. The van der Waals surface area contributed by atoms with Gasteiger partial charge in [0.2, 0.25) is 0 Å². The largest absolute Gasteiger partial charge is 0.368 e. The van der Waals surface area contributed by atoms with Crippen LogP contribution >= 0.6 is 0 Å². The SMILES string of the molecule is CO[C@@H](C#Cc1ccccc1C)CC=O. The van der Waals surface area contributed by atoms with Crippen LogP contribution in [-0.4, -0.2) is 19.5 Å². The molecular weight excluding hydrogens is 188 g/mol. The van der Waals surface area contributed by atoms with Crippen molar-refractivity contribution < 1.29 is 9.53 Å². The van der Waals surface area contributed by atoms with Crippen molar-refractivity contribution in [1.29, 1.82) is 0 Å². The van der Waals surface area contributed by atoms with E-state index in [1.54, 1.807) is 7.11 Å². The third-order valence-corrected chi connectivity index (χ3v) is 2.11. The summed E-state index contributed by atoms with van der Waals surface area (Å²) in [6, 6.07) is 7.87. The van der Waals surface area contributed by atoms with Gasteiger partial charge in [-0.25, -0.2) is 0 Å². The van der Waals surface area contributed by atoms with Crippen molar-refractivity contribution in [2.45, 2.75) is 19.4 Å². The second-order valence-electron chi connectivity index (χ2n) is 3.21. The van der Waals surface area contributed by atoms with Crippen LogP contribution in [0.4, 0.5) is 0 Å². The summed E-state index contributed by atoms with van der Waals surface area (Å²) in [6.07, 6.45) is 0.831. The lowest BCUT2D eigenvalue weighted by Crippen LogP contribution is -2.07. The predicted molar refractivity (Wildman–Crippen MR) is 59.5 cm³/mol. The van der Waals surface area contributed by atoms with Gasteiger partial charge in [-0.05, 0) is 18.6 Å². The molecule has 0 fully saturated rings. The maximum atomic E-state index is 10.3. The van der Waals surface area contributed by atoms with Crippen molar-refractivity contribution in [2.75, 3.05) is 7.11 Å². The highest BCUT2D eigenvalue weighted by Gasteiger charge is 2.00. The van der Waals surface area contributed by atoms with E-state index in [2.05, 4.69) is 11.8 Å². The molecule has 1 aromatic carbocycles. The van der Waals surface area contributed by atoms with Gasteiger partial charge in [0.15, 0.2) is 0 Å². The minimum Gasteiger partial charge on any atom is -0.368 e. The second kappa shape index (κ2) is 6.00. The third-order valence-electron chi connectivity index (χ3n) is 2.11. The normalized spacial score (nSPS) is 11.3. The lowest BCUT2D eigenvalue weighted by Gasteiger charge is -2.02. The number of aryl methyl sites for hydroxylation is 1. The molecule has 0 aliphatic heterocycles. The van der Waals surface area contributed by atoms with E-state index in [-0.39, 0.29) is 6.10 Å². The Labute approximate surface area is 90.3 Å². The topological polar surface area (TPSA) is 26.3 Å². The molecule has 0 unspecified atom stereocenters. The molecule has 1 aromatic rings. The molecule has 0 amide bonds. The van der Waals surface area contributed by atoms with E-state index in [0.29, 0.717) is 6.42 Å². The second-order valence-corrected chi connectivity index (χ2v) is 3.21. The van der Waals surface area contributed by atoms with E-state index in [9.17, 15) is 4.79 Å². The van der Waals surface area contributed by atoms with Gasteiger partial charge in [0, 0.05) is 19.1 Å². The molecule has 0 bridgehead atoms. The molecular formula is C13H14O2. The molecule has 0 N–H and O–H groups in total. The van der Waals surface area contributed by atoms with Crippen molar-refractivity contribution in [1.82, 2.24) is 0 Å². The highest BCUT2D eigenvalue weighted by Crippen LogP contribution is 2.05. The molecule has 0 radical (unpaired) electrons. The van der Waals surface area contributed by atoms with E-state index < -0.39 is 0 Å². The smallest absolute Gasteiger partial charge is 0.124 e. The zero-order chi connectivity index (χ0) is 11.1. The van der Waals surface area contributed by atoms with Gasteiger partial charge in [-0.1, -0.05) is 30.0 Å². The molecule has 1 rings (SSSR count). The van der Waals surface area contributed by atoms with Gasteiger partial charge < -0.3 is 9.53 Å². The average Bonchev–Trinajstić information content (AvgIpc) is 2.26. The fraction of sp³-hybridized carbons (Fsp3) is 0.308. The summed E-state index contributed by atoms with van der Waals surface area (Å²) < 4.78 is 5.05. The van der Waals surface area contributed by atoms with Crippen molar-refractivity contribution in [3.63, 3.8) is 0 Å². The van der Waals surface area contributed by atoms with E-state index in [4.69, 9.17) is 4.74 Å². The molecule has 0 heterocycles. The monoisotopic (exact) mass is 202 g/mol. The molecule has 0 aliphatic carbocycles. The Hall–Kier alpha value is -1.59. The van der Waals surface area contributed by atoms with Gasteiger partial charge in [-0.3, -0.25) is 0 Å². The molecule has 15 heavy (non-hydrogen) atoms. The minimum atomic E-state index is -0.304. The lowest BCUT2D eigenvalue weighted by atomic mass is 10.1. The highest BCUT2D eigenvalue weighted by atomic mass is 16.5. The van der Waals surface area contributed by atoms with Gasteiger partial charge in [0.25, 0.3) is 0 Å².